The van der Waals surface area contributed by atoms with Gasteiger partial charge in [0.05, 0.1) is 6.61 Å². The van der Waals surface area contributed by atoms with E-state index in [0.717, 1.165) is 42.4 Å². The summed E-state index contributed by atoms with van der Waals surface area (Å²) in [6.45, 7) is 10.1. The number of aliphatic hydroxyl groups is 1. The molecular formula is C22H43ClN2O6S2. The first-order valence-electron chi connectivity index (χ1n) is 12.0. The van der Waals surface area contributed by atoms with Crippen molar-refractivity contribution in [2.24, 2.45) is 56.6 Å². The fraction of sp³-hybridized carbons (Fsp3) is 1.00. The fourth-order valence-electron chi connectivity index (χ4n) is 7.10. The average Bonchev–Trinajstić information content (AvgIpc) is 2.66. The Morgan fingerprint density at radius 3 is 1.55 bits per heavy atom. The van der Waals surface area contributed by atoms with Gasteiger partial charge in [-0.2, -0.15) is 16.8 Å². The summed E-state index contributed by atoms with van der Waals surface area (Å²) in [5.41, 5.74) is 1.04. The van der Waals surface area contributed by atoms with Crippen molar-refractivity contribution < 1.29 is 26.1 Å². The highest BCUT2D eigenvalue weighted by atomic mass is 35.7. The lowest BCUT2D eigenvalue weighted by Crippen LogP contribution is -2.52. The van der Waals surface area contributed by atoms with Crippen molar-refractivity contribution in [1.29, 1.82) is 0 Å². The summed E-state index contributed by atoms with van der Waals surface area (Å²) in [6, 6.07) is 0. The summed E-state index contributed by atoms with van der Waals surface area (Å²) in [4.78, 5) is 0. The fourth-order valence-corrected chi connectivity index (χ4v) is 7.43. The van der Waals surface area contributed by atoms with Crippen LogP contribution in [0.5, 0.6) is 0 Å². The van der Waals surface area contributed by atoms with Gasteiger partial charge in [-0.25, -0.2) is 10.3 Å². The van der Waals surface area contributed by atoms with Crippen molar-refractivity contribution in [2.45, 2.75) is 79.1 Å². The van der Waals surface area contributed by atoms with Crippen molar-refractivity contribution in [3.63, 3.8) is 0 Å². The summed E-state index contributed by atoms with van der Waals surface area (Å²) in [5, 5.41) is 17.8. The lowest BCUT2D eigenvalue weighted by molar-refractivity contribution is -0.109. The Balaban J connectivity index is 0.000000200. The van der Waals surface area contributed by atoms with E-state index in [1.807, 2.05) is 0 Å². The van der Waals surface area contributed by atoms with Crippen LogP contribution in [0.25, 0.3) is 0 Å². The molecule has 0 aromatic heterocycles. The summed E-state index contributed by atoms with van der Waals surface area (Å²) >= 11 is 0. The molecule has 6 rings (SSSR count). The highest BCUT2D eigenvalue weighted by Crippen LogP contribution is 2.62. The molecule has 0 aliphatic heterocycles. The molecule has 0 radical (unpaired) electrons. The monoisotopic (exact) mass is 530 g/mol. The van der Waals surface area contributed by atoms with Crippen molar-refractivity contribution in [1.82, 2.24) is 0 Å². The Morgan fingerprint density at radius 1 is 0.848 bits per heavy atom. The molecule has 0 amide bonds. The van der Waals surface area contributed by atoms with Crippen LogP contribution in [-0.2, 0) is 23.7 Å². The molecule has 6 aliphatic carbocycles. The van der Waals surface area contributed by atoms with Gasteiger partial charge in [0.2, 0.25) is 0 Å². The van der Waals surface area contributed by atoms with Gasteiger partial charge in [0.15, 0.2) is 0 Å². The maximum absolute atomic E-state index is 10.6. The van der Waals surface area contributed by atoms with E-state index in [1.54, 1.807) is 0 Å². The molecule has 5 N–H and O–H groups in total. The minimum absolute atomic E-state index is 0.237. The number of nitrogens with two attached hydrogens (primary N) is 2. The molecular weight excluding hydrogens is 488 g/mol. The molecule has 33 heavy (non-hydrogen) atoms. The summed E-state index contributed by atoms with van der Waals surface area (Å²) in [6.07, 6.45) is 9.90. The van der Waals surface area contributed by atoms with E-state index in [9.17, 15) is 16.8 Å². The minimum Gasteiger partial charge on any atom is -0.396 e. The molecule has 6 aliphatic rings. The molecule has 0 heterocycles. The predicted molar refractivity (Wildman–Crippen MR) is 131 cm³/mol. The SMILES string of the molecule is CC1(C)[C@H]2CC[C@H](CCO)[C@@H]1C2.CC1(C)[C@H]2CC[C@H](CCOS(N)(=O)=O)[C@@H]1C2.NS(=O)(=O)Cl. The molecule has 6 fully saturated rings. The zero-order valence-corrected chi connectivity index (χ0v) is 22.8. The zero-order valence-electron chi connectivity index (χ0n) is 20.4. The molecule has 0 saturated heterocycles. The maximum Gasteiger partial charge on any atom is 0.333 e. The maximum atomic E-state index is 10.6. The third kappa shape index (κ3) is 8.02. The van der Waals surface area contributed by atoms with Crippen LogP contribution in [0.2, 0.25) is 0 Å². The predicted octanol–water partition coefficient (Wildman–Crippen LogP) is 3.54. The molecule has 0 aromatic rings. The third-order valence-electron chi connectivity index (χ3n) is 9.24. The van der Waals surface area contributed by atoms with E-state index in [1.165, 1.54) is 38.5 Å². The number of hydrogen-bond acceptors (Lipinski definition) is 6. The third-order valence-corrected chi connectivity index (χ3v) is 9.73. The van der Waals surface area contributed by atoms with Crippen molar-refractivity contribution in [3.8, 4) is 0 Å². The van der Waals surface area contributed by atoms with Gasteiger partial charge in [-0.15, -0.1) is 0 Å². The number of hydrogen-bond donors (Lipinski definition) is 3. The Bertz CT molecular complexity index is 848. The number of halogens is 1. The second-order valence-electron chi connectivity index (χ2n) is 11.5. The van der Waals surface area contributed by atoms with E-state index in [-0.39, 0.29) is 6.61 Å². The van der Waals surface area contributed by atoms with Gasteiger partial charge in [0.1, 0.15) is 0 Å². The van der Waals surface area contributed by atoms with Gasteiger partial charge in [-0.05, 0) is 97.7 Å². The van der Waals surface area contributed by atoms with Crippen LogP contribution >= 0.6 is 10.7 Å². The molecule has 6 atom stereocenters. The minimum atomic E-state index is -3.76. The summed E-state index contributed by atoms with van der Waals surface area (Å²) < 4.78 is 44.3. The first-order chi connectivity index (χ1) is 15.0. The first kappa shape index (κ1) is 29.3. The van der Waals surface area contributed by atoms with E-state index in [0.29, 0.717) is 23.4 Å². The largest absolute Gasteiger partial charge is 0.396 e. The molecule has 0 spiro atoms. The van der Waals surface area contributed by atoms with Crippen LogP contribution in [-0.4, -0.2) is 35.2 Å². The van der Waals surface area contributed by atoms with Crippen LogP contribution in [0.1, 0.15) is 79.1 Å². The Morgan fingerprint density at radius 2 is 1.24 bits per heavy atom. The first-order valence-corrected chi connectivity index (χ1v) is 15.8. The van der Waals surface area contributed by atoms with Gasteiger partial charge in [-0.1, -0.05) is 27.7 Å². The number of fused-ring (bicyclic) bond motifs is 4. The molecule has 6 saturated carbocycles. The van der Waals surface area contributed by atoms with Crippen LogP contribution in [0.15, 0.2) is 0 Å². The topological polar surface area (TPSA) is 150 Å². The lowest BCUT2D eigenvalue weighted by Gasteiger charge is -2.60. The highest BCUT2D eigenvalue weighted by molar-refractivity contribution is 8.11. The van der Waals surface area contributed by atoms with Gasteiger partial charge >= 0.3 is 10.3 Å². The molecule has 11 heteroatoms. The van der Waals surface area contributed by atoms with E-state index in [4.69, 9.17) is 10.2 Å². The van der Waals surface area contributed by atoms with Crippen molar-refractivity contribution in [2.75, 3.05) is 13.2 Å². The average molecular weight is 531 g/mol. The summed E-state index contributed by atoms with van der Waals surface area (Å²) in [5.74, 6) is 4.99. The van der Waals surface area contributed by atoms with Crippen LogP contribution in [0.4, 0.5) is 0 Å². The normalized spacial score (nSPS) is 35.5. The van der Waals surface area contributed by atoms with Gasteiger partial charge < -0.3 is 5.11 Å². The summed E-state index contributed by atoms with van der Waals surface area (Å²) in [7, 11) is -3.17. The van der Waals surface area contributed by atoms with E-state index >= 15 is 0 Å². The van der Waals surface area contributed by atoms with Gasteiger partial charge in [0, 0.05) is 17.3 Å². The molecule has 0 unspecified atom stereocenters. The standard InChI is InChI=1S/C11H21NO3S.C11H20O.ClH2NO2S/c1-11(2)9-4-3-8(10(11)7-9)5-6-15-16(12,13)14;1-11(2)9-4-3-8(5-6-12)10(11)7-9;1-5(2,3)4/h8-10H,3-7H2,1-2H3,(H2,12,13,14);8-10,12H,3-7H2,1-2H3;(H2,2,3,4)/t2*8-,9+,10+;/m11./s1. The zero-order chi connectivity index (χ0) is 25.2. The van der Waals surface area contributed by atoms with Crippen molar-refractivity contribution in [3.05, 3.63) is 0 Å². The second kappa shape index (κ2) is 11.0. The quantitative estimate of drug-likeness (QED) is 0.447. The Labute approximate surface area is 205 Å². The molecule has 196 valence electrons. The van der Waals surface area contributed by atoms with Crippen LogP contribution < -0.4 is 10.3 Å². The van der Waals surface area contributed by atoms with E-state index in [2.05, 4.69) is 47.7 Å². The Kier molecular flexibility index (Phi) is 9.72. The van der Waals surface area contributed by atoms with E-state index < -0.39 is 19.5 Å². The highest BCUT2D eigenvalue weighted by Gasteiger charge is 2.54. The smallest absolute Gasteiger partial charge is 0.333 e. The van der Waals surface area contributed by atoms with Gasteiger partial charge in [-0.3, -0.25) is 4.18 Å². The van der Waals surface area contributed by atoms with Gasteiger partial charge in [0.25, 0.3) is 9.24 Å². The number of aliphatic hydroxyl groups excluding tert-OH is 1. The van der Waals surface area contributed by atoms with Crippen LogP contribution in [0.3, 0.4) is 0 Å². The molecule has 0 aromatic carbocycles. The second-order valence-corrected chi connectivity index (χ2v) is 15.0. The number of rotatable bonds is 6. The molecule has 8 nitrogen and oxygen atoms in total. The van der Waals surface area contributed by atoms with Crippen molar-refractivity contribution >= 4 is 30.2 Å². The lowest BCUT2D eigenvalue weighted by atomic mass is 9.45. The van der Waals surface area contributed by atoms with Crippen LogP contribution in [0, 0.1) is 46.3 Å². The Hall–Kier alpha value is 0.0300. The molecule has 4 bridgehead atoms.